The van der Waals surface area contributed by atoms with Gasteiger partial charge in [0.25, 0.3) is 0 Å². The number of hydrogen-bond acceptors (Lipinski definition) is 3. The number of carboxylic acids is 1. The lowest BCUT2D eigenvalue weighted by molar-refractivity contribution is -0.137. The lowest BCUT2D eigenvalue weighted by atomic mass is 10.0. The number of anilines is 1. The van der Waals surface area contributed by atoms with Crippen LogP contribution in [0.5, 0.6) is 0 Å². The zero-order valence-corrected chi connectivity index (χ0v) is 10.8. The second-order valence-corrected chi connectivity index (χ2v) is 4.56. The Hall–Kier alpha value is -2.09. The van der Waals surface area contributed by atoms with Crippen LogP contribution in [0.1, 0.15) is 31.7 Å². The van der Waals surface area contributed by atoms with Gasteiger partial charge in [-0.25, -0.2) is 4.39 Å². The average molecular weight is 264 g/mol. The number of carboxylic acid groups (broad SMARTS) is 1. The van der Waals surface area contributed by atoms with Crippen molar-refractivity contribution in [2.24, 2.45) is 5.92 Å². The molecule has 0 spiro atoms. The molecule has 0 radical (unpaired) electrons. The molecule has 0 saturated heterocycles. The second-order valence-electron chi connectivity index (χ2n) is 4.56. The lowest BCUT2D eigenvalue weighted by Gasteiger charge is -2.12. The van der Waals surface area contributed by atoms with Crippen LogP contribution in [0.25, 0.3) is 0 Å². The van der Waals surface area contributed by atoms with Crippen LogP contribution in [0.2, 0.25) is 0 Å². The highest BCUT2D eigenvalue weighted by Crippen LogP contribution is 2.16. The molecule has 0 aromatic heterocycles. The van der Waals surface area contributed by atoms with Crippen molar-refractivity contribution in [3.8, 4) is 6.07 Å². The molecule has 0 fully saturated rings. The monoisotopic (exact) mass is 264 g/mol. The van der Waals surface area contributed by atoms with E-state index in [2.05, 4.69) is 5.32 Å². The summed E-state index contributed by atoms with van der Waals surface area (Å²) in [5.74, 6) is -0.972. The van der Waals surface area contributed by atoms with Crippen LogP contribution in [0.4, 0.5) is 10.1 Å². The van der Waals surface area contributed by atoms with E-state index < -0.39 is 11.8 Å². The number of hydrogen-bond donors (Lipinski definition) is 2. The van der Waals surface area contributed by atoms with Crippen LogP contribution in [0.15, 0.2) is 18.2 Å². The van der Waals surface area contributed by atoms with E-state index in [4.69, 9.17) is 10.4 Å². The molecule has 0 saturated carbocycles. The first-order valence-corrected chi connectivity index (χ1v) is 6.18. The summed E-state index contributed by atoms with van der Waals surface area (Å²) in [4.78, 5) is 10.4. The summed E-state index contributed by atoms with van der Waals surface area (Å²) in [7, 11) is 0. The maximum atomic E-state index is 13.5. The number of nitrogens with zero attached hydrogens (tertiary/aromatic N) is 1. The number of benzene rings is 1. The molecule has 1 atom stereocenters. The van der Waals surface area contributed by atoms with Crippen LogP contribution in [0.3, 0.4) is 0 Å². The zero-order valence-electron chi connectivity index (χ0n) is 10.8. The number of halogens is 1. The Morgan fingerprint density at radius 1 is 1.53 bits per heavy atom. The number of aliphatic carboxylic acids is 1. The molecule has 0 aliphatic heterocycles. The molecule has 0 aliphatic rings. The Balaban J connectivity index is 2.37. The van der Waals surface area contributed by atoms with E-state index in [-0.39, 0.29) is 17.9 Å². The first kappa shape index (κ1) is 15.0. The van der Waals surface area contributed by atoms with Crippen molar-refractivity contribution < 1.29 is 14.3 Å². The van der Waals surface area contributed by atoms with Gasteiger partial charge in [0.1, 0.15) is 5.82 Å². The minimum Gasteiger partial charge on any atom is -0.481 e. The fourth-order valence-corrected chi connectivity index (χ4v) is 1.70. The highest BCUT2D eigenvalue weighted by atomic mass is 19.1. The van der Waals surface area contributed by atoms with Crippen molar-refractivity contribution in [1.82, 2.24) is 0 Å². The van der Waals surface area contributed by atoms with Gasteiger partial charge in [-0.05, 0) is 37.0 Å². The van der Waals surface area contributed by atoms with Gasteiger partial charge < -0.3 is 10.4 Å². The molecule has 1 aromatic carbocycles. The molecule has 0 bridgehead atoms. The van der Waals surface area contributed by atoms with Gasteiger partial charge in [-0.1, -0.05) is 6.92 Å². The maximum Gasteiger partial charge on any atom is 0.303 e. The minimum atomic E-state index is -0.794. The van der Waals surface area contributed by atoms with Gasteiger partial charge >= 0.3 is 5.97 Å². The highest BCUT2D eigenvalue weighted by molar-refractivity contribution is 5.66. The van der Waals surface area contributed by atoms with Crippen molar-refractivity contribution in [2.45, 2.75) is 26.2 Å². The van der Waals surface area contributed by atoms with Gasteiger partial charge in [-0.15, -0.1) is 0 Å². The second kappa shape index (κ2) is 7.37. The standard InChI is InChI=1S/C14H17FN2O2/c1-10(2-5-14(18)19)6-7-17-13-4-3-11(9-16)8-12(13)15/h3-4,8,10,17H,2,5-7H2,1H3,(H,18,19). The van der Waals surface area contributed by atoms with Crippen molar-refractivity contribution >= 4 is 11.7 Å². The number of rotatable bonds is 7. The van der Waals surface area contributed by atoms with Crippen molar-refractivity contribution in [1.29, 1.82) is 5.26 Å². The Morgan fingerprint density at radius 3 is 2.84 bits per heavy atom. The number of nitriles is 1. The third-order valence-electron chi connectivity index (χ3n) is 2.90. The maximum absolute atomic E-state index is 13.5. The minimum absolute atomic E-state index is 0.159. The zero-order chi connectivity index (χ0) is 14.3. The van der Waals surface area contributed by atoms with E-state index in [0.717, 1.165) is 6.42 Å². The molecule has 1 unspecified atom stereocenters. The Labute approximate surface area is 111 Å². The topological polar surface area (TPSA) is 73.1 Å². The fraction of sp³-hybridized carbons (Fsp3) is 0.429. The summed E-state index contributed by atoms with van der Waals surface area (Å²) in [5.41, 5.74) is 0.655. The van der Waals surface area contributed by atoms with Gasteiger partial charge in [0.05, 0.1) is 17.3 Å². The number of nitrogens with one attached hydrogen (secondary N) is 1. The lowest BCUT2D eigenvalue weighted by Crippen LogP contribution is -2.09. The Bertz CT molecular complexity index is 483. The predicted molar refractivity (Wildman–Crippen MR) is 70.3 cm³/mol. The van der Waals surface area contributed by atoms with E-state index in [0.29, 0.717) is 18.7 Å². The highest BCUT2D eigenvalue weighted by Gasteiger charge is 2.07. The third kappa shape index (κ3) is 5.38. The molecule has 0 aliphatic carbocycles. The molecular formula is C14H17FN2O2. The van der Waals surface area contributed by atoms with E-state index in [1.165, 1.54) is 12.1 Å². The molecule has 1 aromatic rings. The molecule has 5 heteroatoms. The first-order valence-electron chi connectivity index (χ1n) is 6.18. The van der Waals surface area contributed by atoms with Crippen molar-refractivity contribution in [3.05, 3.63) is 29.6 Å². The van der Waals surface area contributed by atoms with Crippen LogP contribution < -0.4 is 5.32 Å². The molecule has 4 nitrogen and oxygen atoms in total. The van der Waals surface area contributed by atoms with Crippen LogP contribution in [-0.2, 0) is 4.79 Å². The SMILES string of the molecule is CC(CCNc1ccc(C#N)cc1F)CCC(=O)O. The van der Waals surface area contributed by atoms with Gasteiger partial charge in [0, 0.05) is 13.0 Å². The normalized spacial score (nSPS) is 11.6. The van der Waals surface area contributed by atoms with Gasteiger partial charge in [0.15, 0.2) is 0 Å². The smallest absolute Gasteiger partial charge is 0.303 e. The van der Waals surface area contributed by atoms with Crippen LogP contribution >= 0.6 is 0 Å². The molecule has 0 heterocycles. The molecule has 0 amide bonds. The van der Waals surface area contributed by atoms with Crippen LogP contribution in [-0.4, -0.2) is 17.6 Å². The predicted octanol–water partition coefficient (Wildman–Crippen LogP) is 3.00. The summed E-state index contributed by atoms with van der Waals surface area (Å²) in [6.45, 7) is 2.55. The molecular weight excluding hydrogens is 247 g/mol. The fourth-order valence-electron chi connectivity index (χ4n) is 1.70. The van der Waals surface area contributed by atoms with E-state index in [9.17, 15) is 9.18 Å². The first-order chi connectivity index (χ1) is 9.02. The molecule has 2 N–H and O–H groups in total. The largest absolute Gasteiger partial charge is 0.481 e. The number of carbonyl (C=O) groups is 1. The summed E-state index contributed by atoms with van der Waals surface area (Å²) < 4.78 is 13.5. The molecule has 19 heavy (non-hydrogen) atoms. The van der Waals surface area contributed by atoms with Crippen LogP contribution in [0, 0.1) is 23.1 Å². The Kier molecular flexibility index (Phi) is 5.80. The quantitative estimate of drug-likeness (QED) is 0.794. The summed E-state index contributed by atoms with van der Waals surface area (Å²) in [5, 5.41) is 20.1. The third-order valence-corrected chi connectivity index (χ3v) is 2.90. The van der Waals surface area contributed by atoms with Gasteiger partial charge in [0.2, 0.25) is 0 Å². The van der Waals surface area contributed by atoms with E-state index in [1.807, 2.05) is 13.0 Å². The van der Waals surface area contributed by atoms with Gasteiger partial charge in [-0.3, -0.25) is 4.79 Å². The van der Waals surface area contributed by atoms with Crippen molar-refractivity contribution in [2.75, 3.05) is 11.9 Å². The van der Waals surface area contributed by atoms with E-state index >= 15 is 0 Å². The molecule has 102 valence electrons. The summed E-state index contributed by atoms with van der Waals surface area (Å²) in [6, 6.07) is 6.16. The summed E-state index contributed by atoms with van der Waals surface area (Å²) in [6.07, 6.45) is 1.55. The van der Waals surface area contributed by atoms with E-state index in [1.54, 1.807) is 6.07 Å². The Morgan fingerprint density at radius 2 is 2.26 bits per heavy atom. The van der Waals surface area contributed by atoms with Crippen molar-refractivity contribution in [3.63, 3.8) is 0 Å². The average Bonchev–Trinajstić information content (AvgIpc) is 2.38. The summed E-state index contributed by atoms with van der Waals surface area (Å²) >= 11 is 0. The molecule has 1 rings (SSSR count). The van der Waals surface area contributed by atoms with Gasteiger partial charge in [-0.2, -0.15) is 5.26 Å².